The molecule has 0 radical (unpaired) electrons. The van der Waals surface area contributed by atoms with Crippen LogP contribution in [0.2, 0.25) is 0 Å². The summed E-state index contributed by atoms with van der Waals surface area (Å²) in [6.45, 7) is 0.496. The Morgan fingerprint density at radius 1 is 1.29 bits per heavy atom. The predicted molar refractivity (Wildman–Crippen MR) is 75.8 cm³/mol. The molecule has 0 heterocycles. The zero-order valence-corrected chi connectivity index (χ0v) is 12.0. The Morgan fingerprint density at radius 3 is 2.57 bits per heavy atom. The number of ether oxygens (including phenoxy) is 1. The van der Waals surface area contributed by atoms with Gasteiger partial charge in [0.15, 0.2) is 0 Å². The SMILES string of the molecule is COc1ccccc1CN(C(=O)[C@@H]1C[C@@H]1C(=O)O)C1CC1. The van der Waals surface area contributed by atoms with Crippen molar-refractivity contribution in [3.05, 3.63) is 29.8 Å². The molecule has 0 bridgehead atoms. The van der Waals surface area contributed by atoms with Gasteiger partial charge in [-0.25, -0.2) is 0 Å². The summed E-state index contributed by atoms with van der Waals surface area (Å²) in [4.78, 5) is 25.3. The molecule has 112 valence electrons. The van der Waals surface area contributed by atoms with E-state index in [-0.39, 0.29) is 17.9 Å². The van der Waals surface area contributed by atoms with Crippen LogP contribution in [-0.4, -0.2) is 35.0 Å². The van der Waals surface area contributed by atoms with Crippen molar-refractivity contribution in [3.8, 4) is 5.75 Å². The number of amides is 1. The molecule has 0 saturated heterocycles. The molecular formula is C16H19NO4. The van der Waals surface area contributed by atoms with Crippen molar-refractivity contribution in [2.45, 2.75) is 31.8 Å². The minimum atomic E-state index is -0.860. The minimum absolute atomic E-state index is 0.0178. The van der Waals surface area contributed by atoms with Crippen molar-refractivity contribution in [2.24, 2.45) is 11.8 Å². The summed E-state index contributed by atoms with van der Waals surface area (Å²) in [6, 6.07) is 7.90. The van der Waals surface area contributed by atoms with E-state index >= 15 is 0 Å². The molecule has 21 heavy (non-hydrogen) atoms. The third-order valence-electron chi connectivity index (χ3n) is 4.23. The van der Waals surface area contributed by atoms with E-state index in [2.05, 4.69) is 0 Å². The first kappa shape index (κ1) is 13.9. The molecule has 1 amide bonds. The largest absolute Gasteiger partial charge is 0.496 e. The van der Waals surface area contributed by atoms with Crippen molar-refractivity contribution in [3.63, 3.8) is 0 Å². The second kappa shape index (κ2) is 5.39. The summed E-state index contributed by atoms with van der Waals surface area (Å²) in [6.07, 6.45) is 2.49. The van der Waals surface area contributed by atoms with Crippen molar-refractivity contribution >= 4 is 11.9 Å². The van der Waals surface area contributed by atoms with Gasteiger partial charge in [-0.1, -0.05) is 18.2 Å². The first-order chi connectivity index (χ1) is 10.1. The van der Waals surface area contributed by atoms with Gasteiger partial charge in [-0.2, -0.15) is 0 Å². The molecular weight excluding hydrogens is 270 g/mol. The van der Waals surface area contributed by atoms with E-state index in [1.165, 1.54) is 0 Å². The van der Waals surface area contributed by atoms with Crippen molar-refractivity contribution < 1.29 is 19.4 Å². The van der Waals surface area contributed by atoms with Crippen LogP contribution in [0.1, 0.15) is 24.8 Å². The standard InChI is InChI=1S/C16H19NO4/c1-21-14-5-3-2-4-10(14)9-17(11-6-7-11)15(18)12-8-13(12)16(19)20/h2-5,11-13H,6-9H2,1H3,(H,19,20)/t12-,13+/m1/s1. The maximum Gasteiger partial charge on any atom is 0.307 e. The molecule has 1 aromatic rings. The highest BCUT2D eigenvalue weighted by Gasteiger charge is 2.51. The van der Waals surface area contributed by atoms with Gasteiger partial charge in [0.25, 0.3) is 0 Å². The van der Waals surface area contributed by atoms with Crippen LogP contribution in [-0.2, 0) is 16.1 Å². The summed E-state index contributed by atoms with van der Waals surface area (Å²) in [7, 11) is 1.61. The van der Waals surface area contributed by atoms with Crippen LogP contribution >= 0.6 is 0 Å². The lowest BCUT2D eigenvalue weighted by Crippen LogP contribution is -2.34. The molecule has 0 aromatic heterocycles. The van der Waals surface area contributed by atoms with Crippen LogP contribution < -0.4 is 4.74 Å². The van der Waals surface area contributed by atoms with Gasteiger partial charge in [-0.15, -0.1) is 0 Å². The maximum absolute atomic E-state index is 12.5. The van der Waals surface area contributed by atoms with Crippen molar-refractivity contribution in [2.75, 3.05) is 7.11 Å². The summed E-state index contributed by atoms with van der Waals surface area (Å²) in [5, 5.41) is 8.99. The number of nitrogens with zero attached hydrogens (tertiary/aromatic N) is 1. The van der Waals surface area contributed by atoms with Crippen LogP contribution in [0.15, 0.2) is 24.3 Å². The van der Waals surface area contributed by atoms with E-state index < -0.39 is 11.9 Å². The highest BCUT2D eigenvalue weighted by atomic mass is 16.5. The predicted octanol–water partition coefficient (Wildman–Crippen LogP) is 1.91. The number of hydrogen-bond donors (Lipinski definition) is 1. The molecule has 2 atom stereocenters. The second-order valence-electron chi connectivity index (χ2n) is 5.80. The zero-order valence-electron chi connectivity index (χ0n) is 12.0. The number of carboxylic acid groups (broad SMARTS) is 1. The normalized spacial score (nSPS) is 23.5. The van der Waals surface area contributed by atoms with E-state index in [0.29, 0.717) is 13.0 Å². The number of para-hydroxylation sites is 1. The monoisotopic (exact) mass is 289 g/mol. The number of benzene rings is 1. The van der Waals surface area contributed by atoms with Crippen LogP contribution in [0, 0.1) is 11.8 Å². The Bertz CT molecular complexity index is 567. The van der Waals surface area contributed by atoms with Gasteiger partial charge in [0.05, 0.1) is 18.9 Å². The van der Waals surface area contributed by atoms with Crippen LogP contribution in [0.25, 0.3) is 0 Å². The molecule has 0 aliphatic heterocycles. The first-order valence-electron chi connectivity index (χ1n) is 7.27. The van der Waals surface area contributed by atoms with Gasteiger partial charge in [0.2, 0.25) is 5.91 Å². The molecule has 2 fully saturated rings. The number of aliphatic carboxylic acids is 1. The Kier molecular flexibility index (Phi) is 3.57. The molecule has 2 aliphatic carbocycles. The highest BCUT2D eigenvalue weighted by Crippen LogP contribution is 2.43. The van der Waals surface area contributed by atoms with Gasteiger partial charge in [-0.3, -0.25) is 9.59 Å². The third-order valence-corrected chi connectivity index (χ3v) is 4.23. The molecule has 0 spiro atoms. The van der Waals surface area contributed by atoms with Crippen molar-refractivity contribution in [1.82, 2.24) is 4.90 Å². The maximum atomic E-state index is 12.5. The highest BCUT2D eigenvalue weighted by molar-refractivity contribution is 5.89. The Balaban J connectivity index is 1.74. The number of carboxylic acids is 1. The second-order valence-corrected chi connectivity index (χ2v) is 5.80. The molecule has 1 N–H and O–H groups in total. The first-order valence-corrected chi connectivity index (χ1v) is 7.27. The number of carbonyl (C=O) groups excluding carboxylic acids is 1. The third kappa shape index (κ3) is 2.86. The van der Waals surface area contributed by atoms with E-state index in [9.17, 15) is 9.59 Å². The average Bonchev–Trinajstić information content (AvgIpc) is 3.37. The molecule has 1 aromatic carbocycles. The minimum Gasteiger partial charge on any atom is -0.496 e. The molecule has 5 heteroatoms. The Hall–Kier alpha value is -2.04. The molecule has 2 aliphatic rings. The lowest BCUT2D eigenvalue weighted by molar-refractivity contribution is -0.142. The van der Waals surface area contributed by atoms with Gasteiger partial charge < -0.3 is 14.7 Å². The van der Waals surface area contributed by atoms with E-state index in [4.69, 9.17) is 9.84 Å². The fraction of sp³-hybridized carbons (Fsp3) is 0.500. The Labute approximate surface area is 123 Å². The van der Waals surface area contributed by atoms with E-state index in [1.807, 2.05) is 29.2 Å². The number of carbonyl (C=O) groups is 2. The lowest BCUT2D eigenvalue weighted by atomic mass is 10.1. The van der Waals surface area contributed by atoms with Crippen LogP contribution in [0.3, 0.4) is 0 Å². The molecule has 2 saturated carbocycles. The summed E-state index contributed by atoms with van der Waals surface area (Å²) < 4.78 is 5.33. The fourth-order valence-electron chi connectivity index (χ4n) is 2.74. The molecule has 0 unspecified atom stereocenters. The van der Waals surface area contributed by atoms with Gasteiger partial charge in [0.1, 0.15) is 5.75 Å². The van der Waals surface area contributed by atoms with Crippen LogP contribution in [0.5, 0.6) is 5.75 Å². The lowest BCUT2D eigenvalue weighted by Gasteiger charge is -2.23. The zero-order chi connectivity index (χ0) is 15.0. The van der Waals surface area contributed by atoms with E-state index in [1.54, 1.807) is 7.11 Å². The quantitative estimate of drug-likeness (QED) is 0.868. The smallest absolute Gasteiger partial charge is 0.307 e. The van der Waals surface area contributed by atoms with Gasteiger partial charge in [0, 0.05) is 18.2 Å². The average molecular weight is 289 g/mol. The topological polar surface area (TPSA) is 66.8 Å². The number of methoxy groups -OCH3 is 1. The summed E-state index contributed by atoms with van der Waals surface area (Å²) >= 11 is 0. The van der Waals surface area contributed by atoms with Gasteiger partial charge in [-0.05, 0) is 25.3 Å². The van der Waals surface area contributed by atoms with E-state index in [0.717, 1.165) is 24.2 Å². The van der Waals surface area contributed by atoms with Crippen molar-refractivity contribution in [1.29, 1.82) is 0 Å². The molecule has 3 rings (SSSR count). The van der Waals surface area contributed by atoms with Gasteiger partial charge >= 0.3 is 5.97 Å². The van der Waals surface area contributed by atoms with Crippen LogP contribution in [0.4, 0.5) is 0 Å². The Morgan fingerprint density at radius 2 is 2.00 bits per heavy atom. The number of hydrogen-bond acceptors (Lipinski definition) is 3. The fourth-order valence-corrected chi connectivity index (χ4v) is 2.74. The number of rotatable bonds is 6. The summed E-state index contributed by atoms with van der Waals surface area (Å²) in [5.74, 6) is -0.937. The molecule has 5 nitrogen and oxygen atoms in total. The summed E-state index contributed by atoms with van der Waals surface area (Å²) in [5.41, 5.74) is 0.966.